The number of rotatable bonds is 5. The average molecular weight is 266 g/mol. The molecule has 0 amide bonds. The van der Waals surface area contributed by atoms with Crippen molar-refractivity contribution in [2.24, 2.45) is 0 Å². The van der Waals surface area contributed by atoms with Crippen molar-refractivity contribution in [3.05, 3.63) is 34.9 Å². The lowest BCUT2D eigenvalue weighted by molar-refractivity contribution is 0.0837. The van der Waals surface area contributed by atoms with E-state index in [1.165, 1.54) is 12.8 Å². The largest absolute Gasteiger partial charge is 0.293 e. The van der Waals surface area contributed by atoms with Gasteiger partial charge in [-0.25, -0.2) is 0 Å². The van der Waals surface area contributed by atoms with E-state index in [0.29, 0.717) is 5.02 Å². The molecule has 2 rings (SSSR count). The third kappa shape index (κ3) is 3.12. The Labute approximate surface area is 114 Å². The van der Waals surface area contributed by atoms with Gasteiger partial charge in [0.2, 0.25) is 0 Å². The Balaban J connectivity index is 2.14. The molecule has 0 saturated carbocycles. The molecule has 1 saturated heterocycles. The van der Waals surface area contributed by atoms with Crippen molar-refractivity contribution in [1.29, 1.82) is 0 Å². The summed E-state index contributed by atoms with van der Waals surface area (Å²) in [5.74, 6) is 0.246. The molecule has 0 bridgehead atoms. The molecule has 2 nitrogen and oxygen atoms in total. The molecular weight excluding hydrogens is 246 g/mol. The van der Waals surface area contributed by atoms with Crippen LogP contribution in [0.2, 0.25) is 5.02 Å². The van der Waals surface area contributed by atoms with Crippen LogP contribution in [0, 0.1) is 0 Å². The lowest BCUT2D eigenvalue weighted by Gasteiger charge is -2.26. The molecule has 1 aliphatic heterocycles. The predicted molar refractivity (Wildman–Crippen MR) is 75.3 cm³/mol. The number of Topliss-reactive ketones (excluding diaryl/α,β-unsaturated/α-hetero) is 1. The zero-order valence-electron chi connectivity index (χ0n) is 10.9. The molecule has 0 radical (unpaired) electrons. The monoisotopic (exact) mass is 265 g/mol. The summed E-state index contributed by atoms with van der Waals surface area (Å²) >= 11 is 5.86. The van der Waals surface area contributed by atoms with Crippen molar-refractivity contribution < 1.29 is 4.79 Å². The topological polar surface area (TPSA) is 20.3 Å². The van der Waals surface area contributed by atoms with Gasteiger partial charge in [0.15, 0.2) is 5.78 Å². The fourth-order valence-electron chi connectivity index (χ4n) is 2.61. The van der Waals surface area contributed by atoms with E-state index in [0.717, 1.165) is 31.5 Å². The minimum Gasteiger partial charge on any atom is -0.293 e. The second-order valence-corrected chi connectivity index (χ2v) is 5.36. The van der Waals surface area contributed by atoms with Crippen LogP contribution in [-0.2, 0) is 0 Å². The molecule has 0 N–H and O–H groups in total. The maximum Gasteiger partial charge on any atom is 0.179 e. The van der Waals surface area contributed by atoms with Crippen LogP contribution in [0.4, 0.5) is 0 Å². The van der Waals surface area contributed by atoms with E-state index in [9.17, 15) is 4.79 Å². The summed E-state index contributed by atoms with van der Waals surface area (Å²) in [6.07, 6.45) is 4.42. The van der Waals surface area contributed by atoms with E-state index in [1.807, 2.05) is 12.1 Å². The highest BCUT2D eigenvalue weighted by Gasteiger charge is 2.27. The highest BCUT2D eigenvalue weighted by atomic mass is 35.5. The molecule has 1 aromatic rings. The Bertz CT molecular complexity index is 395. The van der Waals surface area contributed by atoms with E-state index in [1.54, 1.807) is 12.1 Å². The first-order valence-electron chi connectivity index (χ1n) is 6.76. The van der Waals surface area contributed by atoms with Gasteiger partial charge in [-0.15, -0.1) is 0 Å². The van der Waals surface area contributed by atoms with E-state index in [-0.39, 0.29) is 11.8 Å². The number of carbonyl (C=O) groups is 1. The fourth-order valence-corrected chi connectivity index (χ4v) is 2.74. The van der Waals surface area contributed by atoms with Gasteiger partial charge >= 0.3 is 0 Å². The Kier molecular flexibility index (Phi) is 4.79. The summed E-state index contributed by atoms with van der Waals surface area (Å²) in [5.41, 5.74) is 0.782. The molecule has 1 aromatic carbocycles. The van der Waals surface area contributed by atoms with Crippen LogP contribution in [0.3, 0.4) is 0 Å². The molecule has 3 heteroatoms. The average Bonchev–Trinajstić information content (AvgIpc) is 2.90. The van der Waals surface area contributed by atoms with Crippen LogP contribution >= 0.6 is 11.6 Å². The second-order valence-electron chi connectivity index (χ2n) is 4.92. The van der Waals surface area contributed by atoms with Gasteiger partial charge in [-0.1, -0.05) is 24.9 Å². The third-order valence-electron chi connectivity index (χ3n) is 3.57. The smallest absolute Gasteiger partial charge is 0.179 e. The van der Waals surface area contributed by atoms with Crippen LogP contribution in [0.15, 0.2) is 24.3 Å². The maximum absolute atomic E-state index is 12.5. The molecule has 0 aliphatic carbocycles. The molecule has 1 heterocycles. The molecule has 1 unspecified atom stereocenters. The van der Waals surface area contributed by atoms with Gasteiger partial charge in [-0.2, -0.15) is 0 Å². The lowest BCUT2D eigenvalue weighted by atomic mass is 9.99. The number of benzene rings is 1. The maximum atomic E-state index is 12.5. The van der Waals surface area contributed by atoms with Crippen LogP contribution in [0.1, 0.15) is 43.0 Å². The van der Waals surface area contributed by atoms with Crippen molar-refractivity contribution >= 4 is 17.4 Å². The van der Waals surface area contributed by atoms with Gasteiger partial charge in [0, 0.05) is 10.6 Å². The number of hydrogen-bond donors (Lipinski definition) is 0. The highest BCUT2D eigenvalue weighted by molar-refractivity contribution is 6.30. The van der Waals surface area contributed by atoms with Crippen molar-refractivity contribution in [3.8, 4) is 0 Å². The van der Waals surface area contributed by atoms with Crippen LogP contribution < -0.4 is 0 Å². The Hall–Kier alpha value is -0.860. The number of carbonyl (C=O) groups excluding carboxylic acids is 1. The first kappa shape index (κ1) is 13.6. The summed E-state index contributed by atoms with van der Waals surface area (Å²) in [6, 6.07) is 7.31. The number of likely N-dealkylation sites (tertiary alicyclic amines) is 1. The summed E-state index contributed by atoms with van der Waals surface area (Å²) in [7, 11) is 0. The molecule has 1 fully saturated rings. The predicted octanol–water partition coefficient (Wildman–Crippen LogP) is 3.79. The van der Waals surface area contributed by atoms with E-state index >= 15 is 0 Å². The van der Waals surface area contributed by atoms with Gasteiger partial charge in [-0.05, 0) is 56.6 Å². The van der Waals surface area contributed by atoms with Gasteiger partial charge in [0.05, 0.1) is 6.04 Å². The van der Waals surface area contributed by atoms with Crippen molar-refractivity contribution in [1.82, 2.24) is 4.90 Å². The van der Waals surface area contributed by atoms with Gasteiger partial charge in [-0.3, -0.25) is 9.69 Å². The zero-order valence-corrected chi connectivity index (χ0v) is 11.6. The standard InChI is InChI=1S/C15H20ClNO/c1-2-5-14(17-10-3-4-11-17)15(18)12-6-8-13(16)9-7-12/h6-9,14H,2-5,10-11H2,1H3. The van der Waals surface area contributed by atoms with Crippen LogP contribution in [-0.4, -0.2) is 29.8 Å². The van der Waals surface area contributed by atoms with E-state index in [4.69, 9.17) is 11.6 Å². The highest BCUT2D eigenvalue weighted by Crippen LogP contribution is 2.20. The fraction of sp³-hybridized carbons (Fsp3) is 0.533. The van der Waals surface area contributed by atoms with Gasteiger partial charge < -0.3 is 0 Å². The number of ketones is 1. The van der Waals surface area contributed by atoms with Gasteiger partial charge in [0.25, 0.3) is 0 Å². The Morgan fingerprint density at radius 2 is 1.89 bits per heavy atom. The SMILES string of the molecule is CCCC(C(=O)c1ccc(Cl)cc1)N1CCCC1. The lowest BCUT2D eigenvalue weighted by Crippen LogP contribution is -2.39. The molecule has 1 atom stereocenters. The minimum absolute atomic E-state index is 0.0543. The summed E-state index contributed by atoms with van der Waals surface area (Å²) in [4.78, 5) is 14.9. The Morgan fingerprint density at radius 3 is 2.44 bits per heavy atom. The van der Waals surface area contributed by atoms with Crippen LogP contribution in [0.25, 0.3) is 0 Å². The molecule has 1 aliphatic rings. The van der Waals surface area contributed by atoms with E-state index < -0.39 is 0 Å². The summed E-state index contributed by atoms with van der Waals surface area (Å²) in [6.45, 7) is 4.26. The second kappa shape index (κ2) is 6.35. The quantitative estimate of drug-likeness (QED) is 0.755. The zero-order chi connectivity index (χ0) is 13.0. The molecule has 0 spiro atoms. The summed E-state index contributed by atoms with van der Waals surface area (Å²) in [5, 5.41) is 0.680. The summed E-state index contributed by atoms with van der Waals surface area (Å²) < 4.78 is 0. The van der Waals surface area contributed by atoms with Crippen LogP contribution in [0.5, 0.6) is 0 Å². The Morgan fingerprint density at radius 1 is 1.28 bits per heavy atom. The first-order chi connectivity index (χ1) is 8.72. The molecule has 98 valence electrons. The molecule has 0 aromatic heterocycles. The normalized spacial score (nSPS) is 17.9. The molecule has 18 heavy (non-hydrogen) atoms. The number of nitrogens with zero attached hydrogens (tertiary/aromatic N) is 1. The van der Waals surface area contributed by atoms with Crippen molar-refractivity contribution in [3.63, 3.8) is 0 Å². The third-order valence-corrected chi connectivity index (χ3v) is 3.83. The van der Waals surface area contributed by atoms with E-state index in [2.05, 4.69) is 11.8 Å². The molecular formula is C15H20ClNO. The van der Waals surface area contributed by atoms with Crippen molar-refractivity contribution in [2.45, 2.75) is 38.6 Å². The number of halogens is 1. The van der Waals surface area contributed by atoms with Gasteiger partial charge in [0.1, 0.15) is 0 Å². The van der Waals surface area contributed by atoms with Crippen molar-refractivity contribution in [2.75, 3.05) is 13.1 Å². The number of hydrogen-bond acceptors (Lipinski definition) is 2. The minimum atomic E-state index is 0.0543. The first-order valence-corrected chi connectivity index (χ1v) is 7.14.